The van der Waals surface area contributed by atoms with Crippen molar-refractivity contribution < 1.29 is 19.8 Å². The van der Waals surface area contributed by atoms with Gasteiger partial charge in [-0.1, -0.05) is 6.07 Å². The molecule has 0 radical (unpaired) electrons. The van der Waals surface area contributed by atoms with Crippen LogP contribution in [0.4, 0.5) is 5.69 Å². The first-order valence-electron chi connectivity index (χ1n) is 5.52. The fourth-order valence-electron chi connectivity index (χ4n) is 1.67. The highest BCUT2D eigenvalue weighted by atomic mass is 16.4. The summed E-state index contributed by atoms with van der Waals surface area (Å²) in [6.45, 7) is 7.16. The van der Waals surface area contributed by atoms with Crippen LogP contribution in [0.3, 0.4) is 0 Å². The molecule has 0 heterocycles. The van der Waals surface area contributed by atoms with Crippen LogP contribution >= 0.6 is 0 Å². The van der Waals surface area contributed by atoms with E-state index in [0.29, 0.717) is 5.56 Å². The molecule has 0 fully saturated rings. The summed E-state index contributed by atoms with van der Waals surface area (Å²) < 4.78 is 0. The first kappa shape index (κ1) is 14.0. The predicted molar refractivity (Wildman–Crippen MR) is 68.5 cm³/mol. The highest BCUT2D eigenvalue weighted by Gasteiger charge is 2.23. The summed E-state index contributed by atoms with van der Waals surface area (Å²) in [6, 6.07) is 2.92. The summed E-state index contributed by atoms with van der Waals surface area (Å²) in [7, 11) is 0. The van der Waals surface area contributed by atoms with E-state index in [1.165, 1.54) is 12.1 Å². The third kappa shape index (κ3) is 3.00. The molecule has 0 atom stereocenters. The Labute approximate surface area is 105 Å². The number of benzene rings is 1. The highest BCUT2D eigenvalue weighted by molar-refractivity contribution is 6.04. The van der Waals surface area contributed by atoms with E-state index < -0.39 is 17.5 Å². The summed E-state index contributed by atoms with van der Waals surface area (Å²) in [6.07, 6.45) is 0. The summed E-state index contributed by atoms with van der Waals surface area (Å²) in [5.74, 6) is -2.29. The van der Waals surface area contributed by atoms with Crippen LogP contribution in [-0.4, -0.2) is 27.7 Å². The van der Waals surface area contributed by atoms with E-state index >= 15 is 0 Å². The Morgan fingerprint density at radius 1 is 1.11 bits per heavy atom. The van der Waals surface area contributed by atoms with Gasteiger partial charge in [0.15, 0.2) is 0 Å². The van der Waals surface area contributed by atoms with Crippen LogP contribution in [0.2, 0.25) is 0 Å². The molecule has 0 aliphatic heterocycles. The van der Waals surface area contributed by atoms with Gasteiger partial charge in [0, 0.05) is 5.54 Å². The topological polar surface area (TPSA) is 86.6 Å². The molecule has 5 nitrogen and oxygen atoms in total. The third-order valence-corrected chi connectivity index (χ3v) is 2.36. The largest absolute Gasteiger partial charge is 0.478 e. The monoisotopic (exact) mass is 251 g/mol. The van der Waals surface area contributed by atoms with Crippen LogP contribution in [0.1, 0.15) is 47.1 Å². The predicted octanol–water partition coefficient (Wildman–Crippen LogP) is 2.60. The smallest absolute Gasteiger partial charge is 0.338 e. The molecule has 1 aromatic rings. The number of hydrogen-bond acceptors (Lipinski definition) is 3. The molecule has 0 saturated carbocycles. The van der Waals surface area contributed by atoms with E-state index in [0.717, 1.165) is 0 Å². The lowest BCUT2D eigenvalue weighted by Crippen LogP contribution is -2.29. The fourth-order valence-corrected chi connectivity index (χ4v) is 1.67. The van der Waals surface area contributed by atoms with Crippen molar-refractivity contribution >= 4 is 17.6 Å². The number of aromatic carboxylic acids is 2. The molecule has 0 spiro atoms. The summed E-state index contributed by atoms with van der Waals surface area (Å²) in [5, 5.41) is 21.3. The Kier molecular flexibility index (Phi) is 3.65. The van der Waals surface area contributed by atoms with Crippen LogP contribution < -0.4 is 5.32 Å². The fraction of sp³-hybridized carbons (Fsp3) is 0.385. The Hall–Kier alpha value is -2.04. The van der Waals surface area contributed by atoms with Gasteiger partial charge in [-0.3, -0.25) is 0 Å². The van der Waals surface area contributed by atoms with Gasteiger partial charge < -0.3 is 15.5 Å². The Bertz CT molecular complexity index is 500. The number of anilines is 1. The van der Waals surface area contributed by atoms with Gasteiger partial charge in [-0.05, 0) is 39.3 Å². The normalized spacial score (nSPS) is 11.1. The molecule has 0 aromatic heterocycles. The van der Waals surface area contributed by atoms with E-state index in [1.54, 1.807) is 6.92 Å². The van der Waals surface area contributed by atoms with Crippen LogP contribution in [0, 0.1) is 6.92 Å². The van der Waals surface area contributed by atoms with Gasteiger partial charge >= 0.3 is 11.9 Å². The molecular weight excluding hydrogens is 234 g/mol. The minimum atomic E-state index is -1.15. The maximum Gasteiger partial charge on any atom is 0.338 e. The van der Waals surface area contributed by atoms with Crippen molar-refractivity contribution in [1.82, 2.24) is 0 Å². The van der Waals surface area contributed by atoms with E-state index in [4.69, 9.17) is 5.11 Å². The van der Waals surface area contributed by atoms with E-state index in [9.17, 15) is 14.7 Å². The highest BCUT2D eigenvalue weighted by Crippen LogP contribution is 2.27. The molecule has 0 saturated heterocycles. The number of hydrogen-bond donors (Lipinski definition) is 3. The molecule has 0 bridgehead atoms. The standard InChI is InChI=1S/C13H17NO4/c1-7-5-6-8(11(15)16)10(9(7)12(17)18)14-13(2,3)4/h5-6,14H,1-4H3,(H,15,16)(H,17,18). The maximum atomic E-state index is 11.3. The van der Waals surface area contributed by atoms with Crippen LogP contribution in [0.25, 0.3) is 0 Å². The van der Waals surface area contributed by atoms with Crippen molar-refractivity contribution in [3.8, 4) is 0 Å². The number of carbonyl (C=O) groups is 2. The number of carboxylic acid groups (broad SMARTS) is 2. The van der Waals surface area contributed by atoms with Gasteiger partial charge in [-0.15, -0.1) is 0 Å². The molecule has 1 rings (SSSR count). The lowest BCUT2D eigenvalue weighted by molar-refractivity contribution is 0.0695. The molecule has 0 unspecified atom stereocenters. The van der Waals surface area contributed by atoms with E-state index in [1.807, 2.05) is 20.8 Å². The zero-order chi connectivity index (χ0) is 14.1. The molecule has 0 aliphatic carbocycles. The maximum absolute atomic E-state index is 11.3. The summed E-state index contributed by atoms with van der Waals surface area (Å²) in [5.41, 5.74) is 0.224. The number of aryl methyl sites for hydroxylation is 1. The summed E-state index contributed by atoms with van der Waals surface area (Å²) >= 11 is 0. The van der Waals surface area contributed by atoms with Gasteiger partial charge in [0.25, 0.3) is 0 Å². The summed E-state index contributed by atoms with van der Waals surface area (Å²) in [4.78, 5) is 22.4. The average molecular weight is 251 g/mol. The molecular formula is C13H17NO4. The second-order valence-electron chi connectivity index (χ2n) is 5.17. The Morgan fingerprint density at radius 2 is 1.67 bits per heavy atom. The molecule has 5 heteroatoms. The quantitative estimate of drug-likeness (QED) is 0.768. The van der Waals surface area contributed by atoms with Crippen LogP contribution in [0.15, 0.2) is 12.1 Å². The minimum Gasteiger partial charge on any atom is -0.478 e. The zero-order valence-corrected chi connectivity index (χ0v) is 10.9. The van der Waals surface area contributed by atoms with Crippen molar-refractivity contribution in [2.45, 2.75) is 33.2 Å². The van der Waals surface area contributed by atoms with Crippen LogP contribution in [-0.2, 0) is 0 Å². The lowest BCUT2D eigenvalue weighted by atomic mass is 9.98. The Morgan fingerprint density at radius 3 is 2.06 bits per heavy atom. The molecule has 98 valence electrons. The first-order valence-corrected chi connectivity index (χ1v) is 5.52. The second-order valence-corrected chi connectivity index (χ2v) is 5.17. The van der Waals surface area contributed by atoms with Crippen molar-refractivity contribution in [3.05, 3.63) is 28.8 Å². The molecule has 0 aliphatic rings. The lowest BCUT2D eigenvalue weighted by Gasteiger charge is -2.25. The van der Waals surface area contributed by atoms with Gasteiger partial charge in [-0.25, -0.2) is 9.59 Å². The number of carboxylic acids is 2. The van der Waals surface area contributed by atoms with Gasteiger partial charge in [0.05, 0.1) is 16.8 Å². The molecule has 3 N–H and O–H groups in total. The van der Waals surface area contributed by atoms with Gasteiger partial charge in [0.1, 0.15) is 0 Å². The molecule has 0 amide bonds. The van der Waals surface area contributed by atoms with Crippen molar-refractivity contribution in [2.75, 3.05) is 5.32 Å². The molecule has 18 heavy (non-hydrogen) atoms. The van der Waals surface area contributed by atoms with Gasteiger partial charge in [0.2, 0.25) is 0 Å². The first-order chi connectivity index (χ1) is 8.13. The zero-order valence-electron chi connectivity index (χ0n) is 10.9. The van der Waals surface area contributed by atoms with Crippen molar-refractivity contribution in [3.63, 3.8) is 0 Å². The third-order valence-electron chi connectivity index (χ3n) is 2.36. The van der Waals surface area contributed by atoms with Crippen molar-refractivity contribution in [2.24, 2.45) is 0 Å². The van der Waals surface area contributed by atoms with Crippen LogP contribution in [0.5, 0.6) is 0 Å². The average Bonchev–Trinajstić information content (AvgIpc) is 2.13. The van der Waals surface area contributed by atoms with E-state index in [-0.39, 0.29) is 16.8 Å². The SMILES string of the molecule is Cc1ccc(C(=O)O)c(NC(C)(C)C)c1C(=O)O. The minimum absolute atomic E-state index is 0.00447. The Balaban J connectivity index is 3.53. The van der Waals surface area contributed by atoms with Gasteiger partial charge in [-0.2, -0.15) is 0 Å². The molecule has 1 aromatic carbocycles. The van der Waals surface area contributed by atoms with Crippen molar-refractivity contribution in [1.29, 1.82) is 0 Å². The number of nitrogens with one attached hydrogen (secondary N) is 1. The number of rotatable bonds is 3. The van der Waals surface area contributed by atoms with E-state index in [2.05, 4.69) is 5.32 Å². The second kappa shape index (κ2) is 4.68.